The minimum atomic E-state index is -0.524. The molecule has 1 aromatic carbocycles. The van der Waals surface area contributed by atoms with E-state index in [-0.39, 0.29) is 12.0 Å². The van der Waals surface area contributed by atoms with E-state index in [0.29, 0.717) is 40.9 Å². The maximum absolute atomic E-state index is 13.2. The fourth-order valence-corrected chi connectivity index (χ4v) is 3.42. The van der Waals surface area contributed by atoms with Crippen LogP contribution in [-0.2, 0) is 0 Å². The average Bonchev–Trinajstić information content (AvgIpc) is 2.76. The van der Waals surface area contributed by atoms with Gasteiger partial charge in [-0.2, -0.15) is 0 Å². The van der Waals surface area contributed by atoms with E-state index in [1.807, 2.05) is 0 Å². The van der Waals surface area contributed by atoms with Crippen molar-refractivity contribution in [3.05, 3.63) is 71.4 Å². The zero-order valence-corrected chi connectivity index (χ0v) is 16.2. The van der Waals surface area contributed by atoms with Gasteiger partial charge in [0.15, 0.2) is 11.6 Å². The summed E-state index contributed by atoms with van der Waals surface area (Å²) < 4.78 is 19.1. The number of pyridine rings is 1. The van der Waals surface area contributed by atoms with Crippen molar-refractivity contribution in [3.63, 3.8) is 0 Å². The Morgan fingerprint density at radius 1 is 1.10 bits per heavy atom. The molecule has 0 radical (unpaired) electrons. The smallest absolute Gasteiger partial charge is 0.254 e. The van der Waals surface area contributed by atoms with Crippen LogP contribution in [-0.4, -0.2) is 45.0 Å². The lowest BCUT2D eigenvalue weighted by molar-refractivity contribution is 0.0528. The predicted octanol–water partition coefficient (Wildman–Crippen LogP) is 4.01. The number of hydrogen-bond donors (Lipinski definition) is 0. The molecular formula is C21H18ClFN4O2. The van der Waals surface area contributed by atoms with Gasteiger partial charge in [0.05, 0.1) is 29.5 Å². The van der Waals surface area contributed by atoms with Crippen molar-refractivity contribution >= 4 is 17.5 Å². The largest absolute Gasteiger partial charge is 0.472 e. The Morgan fingerprint density at radius 2 is 1.90 bits per heavy atom. The number of nitrogens with zero attached hydrogens (tertiary/aromatic N) is 4. The van der Waals surface area contributed by atoms with Gasteiger partial charge in [0.1, 0.15) is 6.10 Å². The van der Waals surface area contributed by atoms with Crippen LogP contribution in [0.5, 0.6) is 5.88 Å². The van der Waals surface area contributed by atoms with Crippen LogP contribution >= 0.6 is 11.6 Å². The normalized spacial score (nSPS) is 16.5. The minimum Gasteiger partial charge on any atom is -0.472 e. The van der Waals surface area contributed by atoms with Gasteiger partial charge in [-0.3, -0.25) is 4.79 Å². The molecule has 1 atom stereocenters. The zero-order valence-electron chi connectivity index (χ0n) is 15.5. The predicted molar refractivity (Wildman–Crippen MR) is 106 cm³/mol. The molecule has 0 bridgehead atoms. The van der Waals surface area contributed by atoms with Gasteiger partial charge < -0.3 is 9.64 Å². The van der Waals surface area contributed by atoms with E-state index in [4.69, 9.17) is 16.3 Å². The van der Waals surface area contributed by atoms with Gasteiger partial charge in [0.2, 0.25) is 5.88 Å². The van der Waals surface area contributed by atoms with Crippen LogP contribution in [0.4, 0.5) is 4.39 Å². The summed E-state index contributed by atoms with van der Waals surface area (Å²) in [6, 6.07) is 10.5. The highest BCUT2D eigenvalue weighted by atomic mass is 35.5. The highest BCUT2D eigenvalue weighted by molar-refractivity contribution is 6.30. The number of piperidine rings is 1. The van der Waals surface area contributed by atoms with Crippen molar-refractivity contribution in [2.45, 2.75) is 18.9 Å². The number of hydrogen-bond acceptors (Lipinski definition) is 5. The summed E-state index contributed by atoms with van der Waals surface area (Å²) in [7, 11) is 0. The van der Waals surface area contributed by atoms with Gasteiger partial charge in [-0.15, -0.1) is 0 Å². The molecule has 1 aliphatic rings. The lowest BCUT2D eigenvalue weighted by atomic mass is 10.0. The number of ether oxygens (including phenoxy) is 1. The number of rotatable bonds is 4. The number of halogens is 2. The fraction of sp³-hybridized carbons (Fsp3) is 0.238. The second-order valence-electron chi connectivity index (χ2n) is 6.72. The average molecular weight is 413 g/mol. The Bertz CT molecular complexity index is 998. The molecule has 1 saturated heterocycles. The molecule has 0 saturated carbocycles. The SMILES string of the molecule is O=C(c1ccccc1-c1ncc(F)cn1)N1CCCC(Oc2ccc(Cl)cn2)C1. The molecule has 8 heteroatoms. The molecule has 1 fully saturated rings. The third-order valence-electron chi connectivity index (χ3n) is 4.67. The first-order valence-corrected chi connectivity index (χ1v) is 9.62. The van der Waals surface area contributed by atoms with E-state index < -0.39 is 5.82 Å². The Morgan fingerprint density at radius 3 is 2.66 bits per heavy atom. The van der Waals surface area contributed by atoms with Crippen LogP contribution in [0.15, 0.2) is 55.0 Å². The highest BCUT2D eigenvalue weighted by Gasteiger charge is 2.27. The molecule has 148 valence electrons. The third-order valence-corrected chi connectivity index (χ3v) is 4.90. The highest BCUT2D eigenvalue weighted by Crippen LogP contribution is 2.24. The van der Waals surface area contributed by atoms with Gasteiger partial charge >= 0.3 is 0 Å². The molecule has 2 aromatic heterocycles. The first kappa shape index (κ1) is 19.3. The summed E-state index contributed by atoms with van der Waals surface area (Å²) in [5.41, 5.74) is 1.05. The van der Waals surface area contributed by atoms with Crippen LogP contribution in [0.3, 0.4) is 0 Å². The second kappa shape index (κ2) is 8.53. The number of carbonyl (C=O) groups excluding carboxylic acids is 1. The molecule has 29 heavy (non-hydrogen) atoms. The van der Waals surface area contributed by atoms with Crippen LogP contribution in [0.2, 0.25) is 5.02 Å². The standard InChI is InChI=1S/C21H18ClFN4O2/c22-14-7-8-19(24-10-14)29-16-4-3-9-27(13-16)21(28)18-6-2-1-5-17(18)20-25-11-15(23)12-26-20/h1-2,5-8,10-12,16H,3-4,9,13H2. The molecule has 1 unspecified atom stereocenters. The monoisotopic (exact) mass is 412 g/mol. The maximum Gasteiger partial charge on any atom is 0.254 e. The van der Waals surface area contributed by atoms with Gasteiger partial charge in [-0.1, -0.05) is 29.8 Å². The Labute approximate surface area is 172 Å². The van der Waals surface area contributed by atoms with Crippen LogP contribution < -0.4 is 4.74 Å². The summed E-state index contributed by atoms with van der Waals surface area (Å²) in [6.45, 7) is 1.08. The number of amides is 1. The van der Waals surface area contributed by atoms with E-state index in [1.165, 1.54) is 6.20 Å². The number of benzene rings is 1. The molecule has 6 nitrogen and oxygen atoms in total. The third kappa shape index (κ3) is 4.51. The first-order chi connectivity index (χ1) is 14.1. The topological polar surface area (TPSA) is 68.2 Å². The molecule has 0 aliphatic carbocycles. The van der Waals surface area contributed by atoms with Crippen molar-refractivity contribution < 1.29 is 13.9 Å². The van der Waals surface area contributed by atoms with Gasteiger partial charge in [-0.05, 0) is 25.0 Å². The van der Waals surface area contributed by atoms with Gasteiger partial charge in [-0.25, -0.2) is 19.3 Å². The van der Waals surface area contributed by atoms with Gasteiger partial charge in [0.25, 0.3) is 5.91 Å². The van der Waals surface area contributed by atoms with Crippen molar-refractivity contribution in [2.75, 3.05) is 13.1 Å². The number of aromatic nitrogens is 3. The van der Waals surface area contributed by atoms with E-state index in [2.05, 4.69) is 15.0 Å². The molecule has 1 amide bonds. The van der Waals surface area contributed by atoms with Gasteiger partial charge in [0, 0.05) is 24.4 Å². The molecule has 3 heterocycles. The number of likely N-dealkylation sites (tertiary alicyclic amines) is 1. The summed E-state index contributed by atoms with van der Waals surface area (Å²) in [5.74, 6) is 0.134. The molecule has 0 N–H and O–H groups in total. The molecule has 3 aromatic rings. The zero-order chi connectivity index (χ0) is 20.2. The van der Waals surface area contributed by atoms with E-state index in [1.54, 1.807) is 41.3 Å². The van der Waals surface area contributed by atoms with E-state index >= 15 is 0 Å². The van der Waals surface area contributed by atoms with E-state index in [0.717, 1.165) is 25.2 Å². The summed E-state index contributed by atoms with van der Waals surface area (Å²) in [6.07, 6.45) is 5.20. The summed E-state index contributed by atoms with van der Waals surface area (Å²) in [5, 5.41) is 0.539. The summed E-state index contributed by atoms with van der Waals surface area (Å²) >= 11 is 5.86. The van der Waals surface area contributed by atoms with Crippen molar-refractivity contribution in [1.82, 2.24) is 19.9 Å². The maximum atomic E-state index is 13.2. The Kier molecular flexibility index (Phi) is 5.67. The molecular weight excluding hydrogens is 395 g/mol. The first-order valence-electron chi connectivity index (χ1n) is 9.24. The van der Waals surface area contributed by atoms with Crippen LogP contribution in [0.25, 0.3) is 11.4 Å². The molecule has 1 aliphatic heterocycles. The van der Waals surface area contributed by atoms with Crippen molar-refractivity contribution in [3.8, 4) is 17.3 Å². The lowest BCUT2D eigenvalue weighted by Gasteiger charge is -2.33. The van der Waals surface area contributed by atoms with Crippen LogP contribution in [0.1, 0.15) is 23.2 Å². The fourth-order valence-electron chi connectivity index (χ4n) is 3.31. The van der Waals surface area contributed by atoms with Crippen LogP contribution in [0, 0.1) is 5.82 Å². The second-order valence-corrected chi connectivity index (χ2v) is 7.15. The Hall–Kier alpha value is -3.06. The Balaban J connectivity index is 1.52. The van der Waals surface area contributed by atoms with Crippen molar-refractivity contribution in [2.24, 2.45) is 0 Å². The number of carbonyl (C=O) groups is 1. The molecule has 0 spiro atoms. The molecule has 4 rings (SSSR count). The lowest BCUT2D eigenvalue weighted by Crippen LogP contribution is -2.44. The quantitative estimate of drug-likeness (QED) is 0.647. The van der Waals surface area contributed by atoms with E-state index in [9.17, 15) is 9.18 Å². The summed E-state index contributed by atoms with van der Waals surface area (Å²) in [4.78, 5) is 27.2. The minimum absolute atomic E-state index is 0.133. The van der Waals surface area contributed by atoms with Crippen molar-refractivity contribution in [1.29, 1.82) is 0 Å².